The quantitative estimate of drug-likeness (QED) is 0.870. The molecule has 90 valence electrons. The van der Waals surface area contributed by atoms with Crippen LogP contribution >= 0.6 is 11.3 Å². The standard InChI is InChI=1S/C11H14N4OS/c1-3-8-4-10(15-14-8)13-11(16)5-9-6-17-7(2)12-9/h4,6H,3,5H2,1-2H3,(H2,13,14,15,16). The van der Waals surface area contributed by atoms with E-state index in [1.807, 2.05) is 25.3 Å². The Kier molecular flexibility index (Phi) is 3.53. The minimum Gasteiger partial charge on any atom is -0.309 e. The largest absolute Gasteiger partial charge is 0.309 e. The van der Waals surface area contributed by atoms with Crippen LogP contribution in [0.15, 0.2) is 11.4 Å². The Balaban J connectivity index is 1.93. The molecule has 2 rings (SSSR count). The van der Waals surface area contributed by atoms with Gasteiger partial charge in [0.2, 0.25) is 5.91 Å². The van der Waals surface area contributed by atoms with Crippen molar-refractivity contribution in [3.63, 3.8) is 0 Å². The van der Waals surface area contributed by atoms with E-state index in [1.165, 1.54) is 0 Å². The molecule has 0 unspecified atom stereocenters. The average Bonchev–Trinajstić information content (AvgIpc) is 2.88. The van der Waals surface area contributed by atoms with Crippen molar-refractivity contribution >= 4 is 23.1 Å². The lowest BCUT2D eigenvalue weighted by Crippen LogP contribution is -2.14. The van der Waals surface area contributed by atoms with Crippen molar-refractivity contribution in [3.8, 4) is 0 Å². The first kappa shape index (κ1) is 11.8. The molecule has 2 heterocycles. The maximum absolute atomic E-state index is 11.7. The fourth-order valence-electron chi connectivity index (χ4n) is 1.45. The number of carbonyl (C=O) groups is 1. The third-order valence-corrected chi connectivity index (χ3v) is 3.11. The highest BCUT2D eigenvalue weighted by atomic mass is 32.1. The molecule has 0 aliphatic rings. The monoisotopic (exact) mass is 250 g/mol. The van der Waals surface area contributed by atoms with E-state index >= 15 is 0 Å². The van der Waals surface area contributed by atoms with Gasteiger partial charge in [0.05, 0.1) is 17.1 Å². The molecule has 5 nitrogen and oxygen atoms in total. The number of nitrogens with zero attached hydrogens (tertiary/aromatic N) is 2. The first-order valence-corrected chi connectivity index (χ1v) is 6.30. The van der Waals surface area contributed by atoms with Crippen LogP contribution in [0.5, 0.6) is 0 Å². The van der Waals surface area contributed by atoms with E-state index in [4.69, 9.17) is 0 Å². The van der Waals surface area contributed by atoms with Crippen molar-refractivity contribution in [2.75, 3.05) is 5.32 Å². The molecule has 0 radical (unpaired) electrons. The molecular formula is C11H14N4OS. The topological polar surface area (TPSA) is 70.7 Å². The van der Waals surface area contributed by atoms with Gasteiger partial charge in [-0.15, -0.1) is 11.3 Å². The summed E-state index contributed by atoms with van der Waals surface area (Å²) in [5, 5.41) is 12.5. The fourth-order valence-corrected chi connectivity index (χ4v) is 2.06. The van der Waals surface area contributed by atoms with Gasteiger partial charge in [-0.05, 0) is 13.3 Å². The van der Waals surface area contributed by atoms with Crippen LogP contribution in [-0.4, -0.2) is 21.1 Å². The summed E-state index contributed by atoms with van der Waals surface area (Å²) in [6.45, 7) is 3.95. The average molecular weight is 250 g/mol. The van der Waals surface area contributed by atoms with Crippen LogP contribution in [-0.2, 0) is 17.6 Å². The molecular weight excluding hydrogens is 236 g/mol. The second kappa shape index (κ2) is 5.09. The van der Waals surface area contributed by atoms with Crippen molar-refractivity contribution in [1.29, 1.82) is 0 Å². The third-order valence-electron chi connectivity index (χ3n) is 2.29. The Bertz CT molecular complexity index is 517. The Hall–Kier alpha value is -1.69. The highest BCUT2D eigenvalue weighted by molar-refractivity contribution is 7.09. The molecule has 2 aromatic heterocycles. The zero-order valence-corrected chi connectivity index (χ0v) is 10.6. The van der Waals surface area contributed by atoms with Crippen molar-refractivity contribution in [2.45, 2.75) is 26.7 Å². The van der Waals surface area contributed by atoms with Gasteiger partial charge in [0, 0.05) is 17.1 Å². The Labute approximate surface area is 103 Å². The summed E-state index contributed by atoms with van der Waals surface area (Å²) in [6.07, 6.45) is 1.16. The molecule has 0 spiro atoms. The Morgan fingerprint density at radius 2 is 2.41 bits per heavy atom. The van der Waals surface area contributed by atoms with E-state index in [9.17, 15) is 4.79 Å². The number of aromatic amines is 1. The first-order valence-electron chi connectivity index (χ1n) is 5.42. The van der Waals surface area contributed by atoms with Gasteiger partial charge in [0.25, 0.3) is 0 Å². The van der Waals surface area contributed by atoms with E-state index in [0.29, 0.717) is 12.2 Å². The molecule has 0 bridgehead atoms. The molecule has 0 aliphatic heterocycles. The van der Waals surface area contributed by atoms with Crippen LogP contribution in [0.3, 0.4) is 0 Å². The van der Waals surface area contributed by atoms with Crippen LogP contribution in [0.4, 0.5) is 5.82 Å². The lowest BCUT2D eigenvalue weighted by atomic mass is 10.3. The predicted molar refractivity (Wildman–Crippen MR) is 67.2 cm³/mol. The second-order valence-corrected chi connectivity index (χ2v) is 4.78. The number of carbonyl (C=O) groups excluding carboxylic acids is 1. The van der Waals surface area contributed by atoms with Crippen LogP contribution in [0.1, 0.15) is 23.3 Å². The molecule has 0 saturated carbocycles. The van der Waals surface area contributed by atoms with Gasteiger partial charge in [-0.2, -0.15) is 5.10 Å². The molecule has 0 saturated heterocycles. The summed E-state index contributed by atoms with van der Waals surface area (Å²) in [5.74, 6) is 0.475. The zero-order chi connectivity index (χ0) is 12.3. The molecule has 17 heavy (non-hydrogen) atoms. The number of aromatic nitrogens is 3. The number of amides is 1. The SMILES string of the molecule is CCc1cc(NC(=O)Cc2csc(C)n2)n[nH]1. The van der Waals surface area contributed by atoms with Crippen molar-refractivity contribution < 1.29 is 4.79 Å². The van der Waals surface area contributed by atoms with E-state index in [2.05, 4.69) is 20.5 Å². The first-order chi connectivity index (χ1) is 8.17. The normalized spacial score (nSPS) is 10.5. The van der Waals surface area contributed by atoms with E-state index < -0.39 is 0 Å². The minimum atomic E-state index is -0.0931. The highest BCUT2D eigenvalue weighted by Gasteiger charge is 2.08. The molecule has 0 atom stereocenters. The molecule has 0 fully saturated rings. The van der Waals surface area contributed by atoms with Crippen LogP contribution in [0.2, 0.25) is 0 Å². The smallest absolute Gasteiger partial charge is 0.231 e. The van der Waals surface area contributed by atoms with Crippen LogP contribution in [0, 0.1) is 6.92 Å². The van der Waals surface area contributed by atoms with Gasteiger partial charge < -0.3 is 5.32 Å². The van der Waals surface area contributed by atoms with E-state index in [-0.39, 0.29) is 5.91 Å². The number of aryl methyl sites for hydroxylation is 2. The van der Waals surface area contributed by atoms with Gasteiger partial charge in [-0.3, -0.25) is 9.89 Å². The maximum atomic E-state index is 11.7. The minimum absolute atomic E-state index is 0.0931. The molecule has 6 heteroatoms. The van der Waals surface area contributed by atoms with Crippen LogP contribution < -0.4 is 5.32 Å². The van der Waals surface area contributed by atoms with Gasteiger partial charge in [-0.1, -0.05) is 6.92 Å². The van der Waals surface area contributed by atoms with E-state index in [1.54, 1.807) is 11.3 Å². The number of anilines is 1. The van der Waals surface area contributed by atoms with Gasteiger partial charge in [-0.25, -0.2) is 4.98 Å². The molecule has 2 N–H and O–H groups in total. The highest BCUT2D eigenvalue weighted by Crippen LogP contribution is 2.10. The van der Waals surface area contributed by atoms with Crippen molar-refractivity contribution in [2.24, 2.45) is 0 Å². The maximum Gasteiger partial charge on any atom is 0.231 e. The number of hydrogen-bond donors (Lipinski definition) is 2. The summed E-state index contributed by atoms with van der Waals surface area (Å²) in [4.78, 5) is 15.9. The molecule has 2 aromatic rings. The number of H-pyrrole nitrogens is 1. The van der Waals surface area contributed by atoms with Gasteiger partial charge in [0.1, 0.15) is 0 Å². The molecule has 1 amide bonds. The fraction of sp³-hybridized carbons (Fsp3) is 0.364. The summed E-state index contributed by atoms with van der Waals surface area (Å²) in [7, 11) is 0. The van der Waals surface area contributed by atoms with Crippen molar-refractivity contribution in [3.05, 3.63) is 27.8 Å². The number of hydrogen-bond acceptors (Lipinski definition) is 4. The number of thiazole rings is 1. The van der Waals surface area contributed by atoms with E-state index in [0.717, 1.165) is 22.8 Å². The summed E-state index contributed by atoms with van der Waals surface area (Å²) in [6, 6.07) is 1.84. The third kappa shape index (κ3) is 3.13. The Morgan fingerprint density at radius 1 is 1.59 bits per heavy atom. The Morgan fingerprint density at radius 3 is 3.00 bits per heavy atom. The van der Waals surface area contributed by atoms with Crippen LogP contribution in [0.25, 0.3) is 0 Å². The number of nitrogens with one attached hydrogen (secondary N) is 2. The zero-order valence-electron chi connectivity index (χ0n) is 9.78. The molecule has 0 aliphatic carbocycles. The van der Waals surface area contributed by atoms with Gasteiger partial charge >= 0.3 is 0 Å². The summed E-state index contributed by atoms with van der Waals surface area (Å²) in [5.41, 5.74) is 1.81. The van der Waals surface area contributed by atoms with Gasteiger partial charge in [0.15, 0.2) is 5.82 Å². The number of rotatable bonds is 4. The van der Waals surface area contributed by atoms with Crippen molar-refractivity contribution in [1.82, 2.24) is 15.2 Å². The lowest BCUT2D eigenvalue weighted by Gasteiger charge is -1.98. The summed E-state index contributed by atoms with van der Waals surface area (Å²) < 4.78 is 0. The summed E-state index contributed by atoms with van der Waals surface area (Å²) >= 11 is 1.55. The molecule has 0 aromatic carbocycles. The second-order valence-electron chi connectivity index (χ2n) is 3.71. The lowest BCUT2D eigenvalue weighted by molar-refractivity contribution is -0.115. The predicted octanol–water partition coefficient (Wildman–Crippen LogP) is 1.92.